The summed E-state index contributed by atoms with van der Waals surface area (Å²) in [5, 5.41) is 11.5. The number of aliphatic hydroxyl groups is 1. The summed E-state index contributed by atoms with van der Waals surface area (Å²) in [6.45, 7) is 6.83. The van der Waals surface area contributed by atoms with Gasteiger partial charge in [0, 0.05) is 13.2 Å². The molecule has 0 saturated heterocycles. The zero-order chi connectivity index (χ0) is 11.8. The van der Waals surface area contributed by atoms with Crippen molar-refractivity contribution in [1.82, 2.24) is 5.32 Å². The van der Waals surface area contributed by atoms with Crippen molar-refractivity contribution in [2.45, 2.75) is 39.7 Å². The molecule has 0 spiro atoms. The van der Waals surface area contributed by atoms with Crippen LogP contribution in [0.5, 0.6) is 0 Å². The number of carbonyl (C=O) groups excluding carboxylic acids is 1. The first kappa shape index (κ1) is 14.4. The van der Waals surface area contributed by atoms with Gasteiger partial charge in [-0.3, -0.25) is 4.79 Å². The molecule has 2 unspecified atom stereocenters. The second kappa shape index (κ2) is 7.65. The van der Waals surface area contributed by atoms with Crippen LogP contribution in [0.1, 0.15) is 33.6 Å². The summed E-state index contributed by atoms with van der Waals surface area (Å²) in [7, 11) is 0. The highest BCUT2D eigenvalue weighted by molar-refractivity contribution is 5.81. The van der Waals surface area contributed by atoms with Gasteiger partial charge >= 0.3 is 0 Å². The Hall–Kier alpha value is -0.610. The molecule has 2 atom stereocenters. The van der Waals surface area contributed by atoms with E-state index in [1.165, 1.54) is 0 Å². The van der Waals surface area contributed by atoms with E-state index in [1.54, 1.807) is 0 Å². The maximum atomic E-state index is 11.5. The van der Waals surface area contributed by atoms with Gasteiger partial charge in [-0.15, -0.1) is 0 Å². The third kappa shape index (κ3) is 7.33. The van der Waals surface area contributed by atoms with Crippen LogP contribution in [0, 0.1) is 11.8 Å². The van der Waals surface area contributed by atoms with Crippen LogP contribution in [0.3, 0.4) is 0 Å². The van der Waals surface area contributed by atoms with Crippen LogP contribution in [0.15, 0.2) is 0 Å². The van der Waals surface area contributed by atoms with Gasteiger partial charge in [0.25, 0.3) is 0 Å². The summed E-state index contributed by atoms with van der Waals surface area (Å²) in [6.07, 6.45) is 1.42. The molecule has 1 amide bonds. The fraction of sp³-hybridized carbons (Fsp3) is 0.909. The Bertz CT molecular complexity index is 183. The highest BCUT2D eigenvalue weighted by atomic mass is 16.3. The zero-order valence-corrected chi connectivity index (χ0v) is 9.99. The average Bonchev–Trinajstić information content (AvgIpc) is 2.13. The monoisotopic (exact) mass is 216 g/mol. The molecule has 0 aliphatic heterocycles. The van der Waals surface area contributed by atoms with E-state index in [-0.39, 0.29) is 12.5 Å². The lowest BCUT2D eigenvalue weighted by Gasteiger charge is -2.16. The molecule has 0 saturated carbocycles. The van der Waals surface area contributed by atoms with Gasteiger partial charge in [-0.1, -0.05) is 20.8 Å². The van der Waals surface area contributed by atoms with Gasteiger partial charge in [0.1, 0.15) is 0 Å². The first-order chi connectivity index (χ1) is 6.97. The molecule has 0 aliphatic carbocycles. The predicted octanol–water partition coefficient (Wildman–Crippen LogP) is 0.495. The average molecular weight is 216 g/mol. The van der Waals surface area contributed by atoms with E-state index in [4.69, 9.17) is 10.8 Å². The number of nitrogens with one attached hydrogen (secondary N) is 1. The first-order valence-corrected chi connectivity index (χ1v) is 5.61. The van der Waals surface area contributed by atoms with Crippen LogP contribution >= 0.6 is 0 Å². The van der Waals surface area contributed by atoms with Crippen LogP contribution < -0.4 is 11.1 Å². The van der Waals surface area contributed by atoms with E-state index in [1.807, 2.05) is 20.8 Å². The van der Waals surface area contributed by atoms with Crippen LogP contribution in [0.25, 0.3) is 0 Å². The Morgan fingerprint density at radius 1 is 1.40 bits per heavy atom. The van der Waals surface area contributed by atoms with E-state index >= 15 is 0 Å². The summed E-state index contributed by atoms with van der Waals surface area (Å²) in [5.41, 5.74) is 5.72. The highest BCUT2D eigenvalue weighted by Gasteiger charge is 2.15. The predicted molar refractivity (Wildman–Crippen MR) is 61.3 cm³/mol. The third-order valence-electron chi connectivity index (χ3n) is 2.31. The Kier molecular flexibility index (Phi) is 7.34. The molecule has 0 aromatic carbocycles. The van der Waals surface area contributed by atoms with Crippen molar-refractivity contribution < 1.29 is 9.90 Å². The molecule has 0 aliphatic rings. The van der Waals surface area contributed by atoms with Crippen molar-refractivity contribution in [3.8, 4) is 0 Å². The van der Waals surface area contributed by atoms with Crippen molar-refractivity contribution in [1.29, 1.82) is 0 Å². The lowest BCUT2D eigenvalue weighted by molar-refractivity contribution is -0.122. The van der Waals surface area contributed by atoms with Crippen molar-refractivity contribution >= 4 is 5.91 Å². The van der Waals surface area contributed by atoms with Gasteiger partial charge in [0.2, 0.25) is 5.91 Å². The maximum Gasteiger partial charge on any atom is 0.236 e. The number of nitrogens with two attached hydrogens (primary N) is 1. The summed E-state index contributed by atoms with van der Waals surface area (Å²) in [5.74, 6) is 0.638. The normalized spacial score (nSPS) is 15.1. The molecule has 0 heterocycles. The van der Waals surface area contributed by atoms with E-state index in [2.05, 4.69) is 5.32 Å². The molecule has 4 heteroatoms. The molecule has 0 aromatic heterocycles. The molecule has 0 fully saturated rings. The molecule has 4 N–H and O–H groups in total. The highest BCUT2D eigenvalue weighted by Crippen LogP contribution is 2.03. The smallest absolute Gasteiger partial charge is 0.236 e. The van der Waals surface area contributed by atoms with Gasteiger partial charge in [0.05, 0.1) is 6.04 Å². The van der Waals surface area contributed by atoms with Crippen molar-refractivity contribution in [3.63, 3.8) is 0 Å². The van der Waals surface area contributed by atoms with E-state index < -0.39 is 6.04 Å². The van der Waals surface area contributed by atoms with Gasteiger partial charge in [-0.2, -0.15) is 0 Å². The van der Waals surface area contributed by atoms with Crippen LogP contribution in [0.2, 0.25) is 0 Å². The van der Waals surface area contributed by atoms with E-state index in [9.17, 15) is 4.79 Å². The third-order valence-corrected chi connectivity index (χ3v) is 2.31. The molecule has 90 valence electrons. The zero-order valence-electron chi connectivity index (χ0n) is 9.99. The number of aliphatic hydroxyl groups excluding tert-OH is 1. The summed E-state index contributed by atoms with van der Waals surface area (Å²) in [6, 6.07) is -0.411. The van der Waals surface area contributed by atoms with Gasteiger partial charge in [0.15, 0.2) is 0 Å². The molecule has 15 heavy (non-hydrogen) atoms. The number of carbonyl (C=O) groups is 1. The lowest BCUT2D eigenvalue weighted by Crippen LogP contribution is -2.42. The molecule has 0 radical (unpaired) electrons. The summed E-state index contributed by atoms with van der Waals surface area (Å²) < 4.78 is 0. The SMILES string of the molecule is CC(C)CC(N)C(=O)NCC(C)CCO. The molecular formula is C11H24N2O2. The molecule has 0 rings (SSSR count). The molecule has 4 nitrogen and oxygen atoms in total. The van der Waals surface area contributed by atoms with Gasteiger partial charge in [-0.25, -0.2) is 0 Å². The molecule has 0 aromatic rings. The lowest BCUT2D eigenvalue weighted by atomic mass is 10.0. The van der Waals surface area contributed by atoms with Crippen LogP contribution in [-0.4, -0.2) is 30.2 Å². The fourth-order valence-electron chi connectivity index (χ4n) is 1.34. The van der Waals surface area contributed by atoms with Crippen LogP contribution in [0.4, 0.5) is 0 Å². The summed E-state index contributed by atoms with van der Waals surface area (Å²) >= 11 is 0. The van der Waals surface area contributed by atoms with Gasteiger partial charge in [-0.05, 0) is 24.7 Å². The van der Waals surface area contributed by atoms with E-state index in [0.29, 0.717) is 31.2 Å². The minimum Gasteiger partial charge on any atom is -0.396 e. The quantitative estimate of drug-likeness (QED) is 0.580. The van der Waals surface area contributed by atoms with E-state index in [0.717, 1.165) is 0 Å². The number of hydrogen-bond donors (Lipinski definition) is 3. The Morgan fingerprint density at radius 2 is 2.00 bits per heavy atom. The topological polar surface area (TPSA) is 75.4 Å². The minimum atomic E-state index is -0.411. The van der Waals surface area contributed by atoms with Crippen LogP contribution in [-0.2, 0) is 4.79 Å². The second-order valence-electron chi connectivity index (χ2n) is 4.60. The van der Waals surface area contributed by atoms with Crippen molar-refractivity contribution in [2.75, 3.05) is 13.2 Å². The minimum absolute atomic E-state index is 0.0894. The largest absolute Gasteiger partial charge is 0.396 e. The van der Waals surface area contributed by atoms with Crippen molar-refractivity contribution in [2.24, 2.45) is 17.6 Å². The Labute approximate surface area is 92.2 Å². The molecular weight excluding hydrogens is 192 g/mol. The Morgan fingerprint density at radius 3 is 2.47 bits per heavy atom. The standard InChI is InChI=1S/C11H24N2O2/c1-8(2)6-10(12)11(15)13-7-9(3)4-5-14/h8-10,14H,4-7,12H2,1-3H3,(H,13,15). The number of amides is 1. The Balaban J connectivity index is 3.72. The number of hydrogen-bond acceptors (Lipinski definition) is 3. The fourth-order valence-corrected chi connectivity index (χ4v) is 1.34. The van der Waals surface area contributed by atoms with Crippen molar-refractivity contribution in [3.05, 3.63) is 0 Å². The second-order valence-corrected chi connectivity index (χ2v) is 4.60. The molecule has 0 bridgehead atoms. The van der Waals surface area contributed by atoms with Gasteiger partial charge < -0.3 is 16.2 Å². The maximum absolute atomic E-state index is 11.5. The first-order valence-electron chi connectivity index (χ1n) is 5.61. The summed E-state index contributed by atoms with van der Waals surface area (Å²) in [4.78, 5) is 11.5. The number of rotatable bonds is 7.